The monoisotopic (exact) mass is 407 g/mol. The van der Waals surface area contributed by atoms with Crippen LogP contribution in [0.15, 0.2) is 12.2 Å². The van der Waals surface area contributed by atoms with Gasteiger partial charge in [-0.05, 0) is 68.6 Å². The second-order valence-corrected chi connectivity index (χ2v) is 8.42. The molecular formula is C22H37N3O4. The molecule has 2 aliphatic carbocycles. The lowest BCUT2D eigenvalue weighted by Gasteiger charge is -2.30. The maximum Gasteiger partial charge on any atom is 0.315 e. The number of allylic oxidation sites excluding steroid dienone is 2. The van der Waals surface area contributed by atoms with Gasteiger partial charge in [0.25, 0.3) is 0 Å². The van der Waals surface area contributed by atoms with Gasteiger partial charge in [-0.2, -0.15) is 0 Å². The number of aliphatic carboxylic acids is 1. The van der Waals surface area contributed by atoms with Crippen molar-refractivity contribution in [2.45, 2.75) is 64.7 Å². The molecule has 2 bridgehead atoms. The smallest absolute Gasteiger partial charge is 0.315 e. The van der Waals surface area contributed by atoms with Crippen molar-refractivity contribution in [3.05, 3.63) is 12.2 Å². The van der Waals surface area contributed by atoms with Gasteiger partial charge in [-0.25, -0.2) is 4.79 Å². The molecule has 4 N–H and O–H groups in total. The van der Waals surface area contributed by atoms with E-state index in [2.05, 4.69) is 35.0 Å². The highest BCUT2D eigenvalue weighted by Gasteiger charge is 2.46. The molecule has 0 saturated heterocycles. The number of unbranched alkanes of at least 4 members (excludes halogenated alkanes) is 2. The van der Waals surface area contributed by atoms with Crippen LogP contribution in [-0.4, -0.2) is 42.6 Å². The zero-order chi connectivity index (χ0) is 21.1. The van der Waals surface area contributed by atoms with E-state index in [1.165, 1.54) is 19.3 Å². The summed E-state index contributed by atoms with van der Waals surface area (Å²) in [6.45, 7) is 3.37. The van der Waals surface area contributed by atoms with E-state index in [1.807, 2.05) is 0 Å². The summed E-state index contributed by atoms with van der Waals surface area (Å²) in [4.78, 5) is 34.3. The lowest BCUT2D eigenvalue weighted by molar-refractivity contribution is -0.137. The summed E-state index contributed by atoms with van der Waals surface area (Å²) in [7, 11) is 0. The largest absolute Gasteiger partial charge is 0.481 e. The number of urea groups is 1. The summed E-state index contributed by atoms with van der Waals surface area (Å²) in [5.74, 6) is 1.65. The van der Waals surface area contributed by atoms with Gasteiger partial charge in [0.2, 0.25) is 5.91 Å². The molecule has 2 aliphatic rings. The van der Waals surface area contributed by atoms with Crippen LogP contribution in [0.5, 0.6) is 0 Å². The van der Waals surface area contributed by atoms with Gasteiger partial charge in [0.15, 0.2) is 0 Å². The third-order valence-corrected chi connectivity index (χ3v) is 6.37. The van der Waals surface area contributed by atoms with Crippen LogP contribution in [0.1, 0.15) is 64.7 Å². The molecule has 4 atom stereocenters. The molecule has 0 radical (unpaired) electrons. The van der Waals surface area contributed by atoms with Crippen LogP contribution in [0.3, 0.4) is 0 Å². The van der Waals surface area contributed by atoms with Crippen molar-refractivity contribution in [3.8, 4) is 0 Å². The zero-order valence-electron chi connectivity index (χ0n) is 17.6. The number of carbonyl (C=O) groups is 3. The third kappa shape index (κ3) is 8.07. The van der Waals surface area contributed by atoms with E-state index in [9.17, 15) is 14.4 Å². The normalized spacial score (nSPS) is 25.3. The van der Waals surface area contributed by atoms with Gasteiger partial charge in [-0.3, -0.25) is 9.59 Å². The molecule has 0 aromatic rings. The fraction of sp³-hybridized carbons (Fsp3) is 0.773. The first-order valence-corrected chi connectivity index (χ1v) is 11.2. The van der Waals surface area contributed by atoms with Crippen molar-refractivity contribution >= 4 is 17.9 Å². The lowest BCUT2D eigenvalue weighted by Crippen LogP contribution is -2.44. The van der Waals surface area contributed by atoms with E-state index in [0.29, 0.717) is 37.3 Å². The molecule has 7 nitrogen and oxygen atoms in total. The van der Waals surface area contributed by atoms with Gasteiger partial charge in [-0.1, -0.05) is 25.5 Å². The summed E-state index contributed by atoms with van der Waals surface area (Å²) in [5, 5.41) is 17.0. The molecule has 0 spiro atoms. The summed E-state index contributed by atoms with van der Waals surface area (Å²) in [5.41, 5.74) is 0. The van der Waals surface area contributed by atoms with Crippen LogP contribution in [0, 0.1) is 23.7 Å². The number of rotatable bonds is 13. The standard InChI is InChI=1S/C22H37N3O4/c1-2-3-12-23-22(29)25-15-20(26)24-14-19-17-11-10-16(13-17)18(19)8-6-4-5-7-9-21(27)28/h4,6,16-19H,2-3,5,7-15H2,1H3,(H,24,26)(H,27,28)(H2,23,25,29)/b6-4-/t16-,17+,18-,19+/m0/s1. The molecule has 2 fully saturated rings. The fourth-order valence-corrected chi connectivity index (χ4v) is 4.85. The number of nitrogens with one attached hydrogen (secondary N) is 3. The van der Waals surface area contributed by atoms with Crippen LogP contribution in [-0.2, 0) is 9.59 Å². The summed E-state index contributed by atoms with van der Waals surface area (Å²) < 4.78 is 0. The Hall–Kier alpha value is -2.05. The zero-order valence-corrected chi connectivity index (χ0v) is 17.6. The number of hydrogen-bond donors (Lipinski definition) is 4. The van der Waals surface area contributed by atoms with E-state index in [1.54, 1.807) is 0 Å². The summed E-state index contributed by atoms with van der Waals surface area (Å²) in [6.07, 6.45) is 12.8. The molecule has 3 amide bonds. The minimum Gasteiger partial charge on any atom is -0.481 e. The molecule has 2 saturated carbocycles. The van der Waals surface area contributed by atoms with Crippen molar-refractivity contribution in [2.75, 3.05) is 19.6 Å². The average Bonchev–Trinajstić information content (AvgIpc) is 3.29. The molecule has 0 unspecified atom stereocenters. The SMILES string of the molecule is CCCCNC(=O)NCC(=O)NC[C@@H]1[C@@H]2CC[C@@H](C2)[C@@H]1C/C=C\CCCC(=O)O. The van der Waals surface area contributed by atoms with E-state index in [-0.39, 0.29) is 24.9 Å². The van der Waals surface area contributed by atoms with Gasteiger partial charge in [0.05, 0.1) is 6.54 Å². The molecule has 0 aromatic carbocycles. The third-order valence-electron chi connectivity index (χ3n) is 6.37. The summed E-state index contributed by atoms with van der Waals surface area (Å²) >= 11 is 0. The van der Waals surface area contributed by atoms with Gasteiger partial charge >= 0.3 is 12.0 Å². The Labute approximate surface area is 174 Å². The Bertz CT molecular complexity index is 578. The second kappa shape index (κ2) is 12.5. The van der Waals surface area contributed by atoms with Gasteiger partial charge in [-0.15, -0.1) is 0 Å². The fourth-order valence-electron chi connectivity index (χ4n) is 4.85. The first-order chi connectivity index (χ1) is 14.0. The van der Waals surface area contributed by atoms with Crippen LogP contribution < -0.4 is 16.0 Å². The van der Waals surface area contributed by atoms with Crippen LogP contribution in [0.2, 0.25) is 0 Å². The lowest BCUT2D eigenvalue weighted by atomic mass is 9.77. The maximum absolute atomic E-state index is 12.1. The predicted octanol–water partition coefficient (Wildman–Crippen LogP) is 3.07. The molecule has 164 valence electrons. The van der Waals surface area contributed by atoms with E-state index in [4.69, 9.17) is 5.11 Å². The van der Waals surface area contributed by atoms with E-state index in [0.717, 1.165) is 31.6 Å². The Kier molecular flexibility index (Phi) is 10.0. The van der Waals surface area contributed by atoms with Crippen molar-refractivity contribution in [2.24, 2.45) is 23.7 Å². The second-order valence-electron chi connectivity index (χ2n) is 8.42. The number of carbonyl (C=O) groups excluding carboxylic acids is 2. The Morgan fingerprint density at radius 3 is 2.48 bits per heavy atom. The Morgan fingerprint density at radius 2 is 1.76 bits per heavy atom. The van der Waals surface area contributed by atoms with Gasteiger partial charge < -0.3 is 21.1 Å². The first kappa shape index (κ1) is 23.2. The molecule has 0 aromatic heterocycles. The molecular weight excluding hydrogens is 370 g/mol. The minimum absolute atomic E-state index is 0.00687. The topological polar surface area (TPSA) is 108 Å². The number of amides is 3. The van der Waals surface area contributed by atoms with E-state index >= 15 is 0 Å². The molecule has 7 heteroatoms. The molecule has 0 heterocycles. The Balaban J connectivity index is 1.68. The number of carboxylic acid groups (broad SMARTS) is 1. The highest BCUT2D eigenvalue weighted by Crippen LogP contribution is 2.53. The quantitative estimate of drug-likeness (QED) is 0.278. The predicted molar refractivity (Wildman–Crippen MR) is 112 cm³/mol. The van der Waals surface area contributed by atoms with Gasteiger partial charge in [0, 0.05) is 19.5 Å². The van der Waals surface area contributed by atoms with Crippen molar-refractivity contribution in [3.63, 3.8) is 0 Å². The number of carboxylic acids is 1. The van der Waals surface area contributed by atoms with Crippen molar-refractivity contribution in [1.82, 2.24) is 16.0 Å². The molecule has 0 aliphatic heterocycles. The number of hydrogen-bond acceptors (Lipinski definition) is 3. The maximum atomic E-state index is 12.1. The van der Waals surface area contributed by atoms with Crippen molar-refractivity contribution < 1.29 is 19.5 Å². The van der Waals surface area contributed by atoms with Crippen LogP contribution in [0.25, 0.3) is 0 Å². The van der Waals surface area contributed by atoms with Crippen LogP contribution >= 0.6 is 0 Å². The average molecular weight is 408 g/mol. The summed E-state index contributed by atoms with van der Waals surface area (Å²) in [6, 6.07) is -0.292. The molecule has 2 rings (SSSR count). The first-order valence-electron chi connectivity index (χ1n) is 11.2. The highest BCUT2D eigenvalue weighted by atomic mass is 16.4. The van der Waals surface area contributed by atoms with E-state index < -0.39 is 5.97 Å². The number of fused-ring (bicyclic) bond motifs is 2. The Morgan fingerprint density at radius 1 is 1.00 bits per heavy atom. The van der Waals surface area contributed by atoms with Gasteiger partial charge in [0.1, 0.15) is 0 Å². The molecule has 29 heavy (non-hydrogen) atoms. The highest BCUT2D eigenvalue weighted by molar-refractivity contribution is 5.83. The van der Waals surface area contributed by atoms with Crippen LogP contribution in [0.4, 0.5) is 4.79 Å². The van der Waals surface area contributed by atoms with Crippen molar-refractivity contribution in [1.29, 1.82) is 0 Å². The minimum atomic E-state index is -0.741.